The standard InChI is InChI=1S/C12H17ClFNS/c1-9(5-6-16-2)15-8-10-3-4-12(14)11(13)7-10/h3-4,7,9,15H,5-6,8H2,1-2H3. The quantitative estimate of drug-likeness (QED) is 0.838. The summed E-state index contributed by atoms with van der Waals surface area (Å²) in [6, 6.07) is 5.31. The Morgan fingerprint density at radius 1 is 1.50 bits per heavy atom. The van der Waals surface area contributed by atoms with Crippen LogP contribution in [0, 0.1) is 5.82 Å². The smallest absolute Gasteiger partial charge is 0.141 e. The highest BCUT2D eigenvalue weighted by Crippen LogP contribution is 2.16. The van der Waals surface area contributed by atoms with Gasteiger partial charge in [0.15, 0.2) is 0 Å². The van der Waals surface area contributed by atoms with Gasteiger partial charge in [-0.25, -0.2) is 4.39 Å². The molecular weight excluding hydrogens is 245 g/mol. The van der Waals surface area contributed by atoms with Gasteiger partial charge in [0.2, 0.25) is 0 Å². The van der Waals surface area contributed by atoms with Crippen molar-refractivity contribution in [2.24, 2.45) is 0 Å². The Bertz CT molecular complexity index is 333. The summed E-state index contributed by atoms with van der Waals surface area (Å²) < 4.78 is 12.9. The zero-order valence-electron chi connectivity index (χ0n) is 9.59. The number of hydrogen-bond acceptors (Lipinski definition) is 2. The molecule has 0 saturated heterocycles. The minimum atomic E-state index is -0.360. The summed E-state index contributed by atoms with van der Waals surface area (Å²) in [5.41, 5.74) is 1.02. The molecule has 0 radical (unpaired) electrons. The van der Waals surface area contributed by atoms with Crippen LogP contribution in [-0.4, -0.2) is 18.1 Å². The summed E-state index contributed by atoms with van der Waals surface area (Å²) in [4.78, 5) is 0. The predicted octanol–water partition coefficient (Wildman–Crippen LogP) is 3.71. The maximum Gasteiger partial charge on any atom is 0.141 e. The first-order valence-corrected chi connectivity index (χ1v) is 7.07. The van der Waals surface area contributed by atoms with Crippen LogP contribution in [0.1, 0.15) is 18.9 Å². The summed E-state index contributed by atoms with van der Waals surface area (Å²) in [5, 5.41) is 3.58. The fraction of sp³-hybridized carbons (Fsp3) is 0.500. The third-order valence-corrected chi connectivity index (χ3v) is 3.33. The molecule has 0 saturated carbocycles. The Labute approximate surface area is 106 Å². The molecule has 0 bridgehead atoms. The second-order valence-corrected chi connectivity index (χ2v) is 5.20. The molecule has 1 unspecified atom stereocenters. The molecule has 0 amide bonds. The van der Waals surface area contributed by atoms with E-state index in [9.17, 15) is 4.39 Å². The van der Waals surface area contributed by atoms with E-state index < -0.39 is 0 Å². The zero-order chi connectivity index (χ0) is 12.0. The molecule has 1 nitrogen and oxygen atoms in total. The topological polar surface area (TPSA) is 12.0 Å². The van der Waals surface area contributed by atoms with Crippen molar-refractivity contribution in [2.45, 2.75) is 25.9 Å². The minimum absolute atomic E-state index is 0.191. The third-order valence-electron chi connectivity index (χ3n) is 2.39. The van der Waals surface area contributed by atoms with E-state index in [2.05, 4.69) is 18.5 Å². The van der Waals surface area contributed by atoms with Gasteiger partial charge in [0.25, 0.3) is 0 Å². The van der Waals surface area contributed by atoms with E-state index in [-0.39, 0.29) is 10.8 Å². The van der Waals surface area contributed by atoms with Gasteiger partial charge in [-0.2, -0.15) is 11.8 Å². The van der Waals surface area contributed by atoms with Crippen LogP contribution < -0.4 is 5.32 Å². The SMILES string of the molecule is CSCCC(C)NCc1ccc(F)c(Cl)c1. The largest absolute Gasteiger partial charge is 0.310 e. The average Bonchev–Trinajstić information content (AvgIpc) is 2.28. The number of benzene rings is 1. The number of halogens is 2. The summed E-state index contributed by atoms with van der Waals surface area (Å²) >= 11 is 7.55. The molecule has 1 rings (SSSR count). The molecule has 0 spiro atoms. The lowest BCUT2D eigenvalue weighted by Crippen LogP contribution is -2.25. The predicted molar refractivity (Wildman–Crippen MR) is 70.7 cm³/mol. The molecule has 16 heavy (non-hydrogen) atoms. The molecule has 0 aromatic heterocycles. The molecule has 90 valence electrons. The van der Waals surface area contributed by atoms with Gasteiger partial charge in [-0.05, 0) is 43.0 Å². The van der Waals surface area contributed by atoms with Gasteiger partial charge in [-0.3, -0.25) is 0 Å². The fourth-order valence-electron chi connectivity index (χ4n) is 1.34. The molecule has 1 aromatic carbocycles. The monoisotopic (exact) mass is 261 g/mol. The number of nitrogens with one attached hydrogen (secondary N) is 1. The first-order chi connectivity index (χ1) is 7.63. The van der Waals surface area contributed by atoms with E-state index in [1.807, 2.05) is 11.8 Å². The lowest BCUT2D eigenvalue weighted by molar-refractivity contribution is 0.537. The van der Waals surface area contributed by atoms with Crippen molar-refractivity contribution in [3.05, 3.63) is 34.6 Å². The molecule has 1 N–H and O–H groups in total. The van der Waals surface area contributed by atoms with Gasteiger partial charge in [-0.15, -0.1) is 0 Å². The van der Waals surface area contributed by atoms with Crippen LogP contribution in [0.25, 0.3) is 0 Å². The molecule has 1 aromatic rings. The highest BCUT2D eigenvalue weighted by atomic mass is 35.5. The molecule has 0 aliphatic carbocycles. The van der Waals surface area contributed by atoms with Crippen molar-refractivity contribution < 1.29 is 4.39 Å². The van der Waals surface area contributed by atoms with E-state index >= 15 is 0 Å². The second-order valence-electron chi connectivity index (χ2n) is 3.81. The molecule has 0 fully saturated rings. The van der Waals surface area contributed by atoms with Crippen molar-refractivity contribution in [3.63, 3.8) is 0 Å². The van der Waals surface area contributed by atoms with Crippen molar-refractivity contribution in [3.8, 4) is 0 Å². The highest BCUT2D eigenvalue weighted by Gasteiger charge is 2.03. The summed E-state index contributed by atoms with van der Waals surface area (Å²) in [7, 11) is 0. The van der Waals surface area contributed by atoms with Crippen molar-refractivity contribution >= 4 is 23.4 Å². The summed E-state index contributed by atoms with van der Waals surface area (Å²) in [6.45, 7) is 2.89. The van der Waals surface area contributed by atoms with Gasteiger partial charge >= 0.3 is 0 Å². The zero-order valence-corrected chi connectivity index (χ0v) is 11.2. The molecule has 4 heteroatoms. The van der Waals surface area contributed by atoms with E-state index in [1.165, 1.54) is 6.07 Å². The van der Waals surface area contributed by atoms with Crippen LogP contribution in [0.3, 0.4) is 0 Å². The Balaban J connectivity index is 2.39. The van der Waals surface area contributed by atoms with Gasteiger partial charge in [0.1, 0.15) is 5.82 Å². The molecular formula is C12H17ClFNS. The van der Waals surface area contributed by atoms with Crippen molar-refractivity contribution in [2.75, 3.05) is 12.0 Å². The molecule has 0 aliphatic rings. The van der Waals surface area contributed by atoms with E-state index in [0.717, 1.165) is 24.3 Å². The minimum Gasteiger partial charge on any atom is -0.310 e. The fourth-order valence-corrected chi connectivity index (χ4v) is 2.13. The Kier molecular flexibility index (Phi) is 6.17. The van der Waals surface area contributed by atoms with Crippen LogP contribution in [0.5, 0.6) is 0 Å². The molecule has 1 atom stereocenters. The van der Waals surface area contributed by atoms with Gasteiger partial charge in [-0.1, -0.05) is 17.7 Å². The lowest BCUT2D eigenvalue weighted by atomic mass is 10.2. The van der Waals surface area contributed by atoms with E-state index in [4.69, 9.17) is 11.6 Å². The normalized spacial score (nSPS) is 12.8. The Morgan fingerprint density at radius 3 is 2.88 bits per heavy atom. The van der Waals surface area contributed by atoms with Gasteiger partial charge < -0.3 is 5.32 Å². The van der Waals surface area contributed by atoms with Gasteiger partial charge in [0, 0.05) is 12.6 Å². The molecule has 0 aliphatic heterocycles. The Morgan fingerprint density at radius 2 is 2.25 bits per heavy atom. The third kappa shape index (κ3) is 4.73. The van der Waals surface area contributed by atoms with E-state index in [0.29, 0.717) is 6.04 Å². The van der Waals surface area contributed by atoms with E-state index in [1.54, 1.807) is 12.1 Å². The first kappa shape index (κ1) is 13.8. The van der Waals surface area contributed by atoms with Crippen LogP contribution in [-0.2, 0) is 6.54 Å². The average molecular weight is 262 g/mol. The van der Waals surface area contributed by atoms with Crippen LogP contribution >= 0.6 is 23.4 Å². The number of hydrogen-bond donors (Lipinski definition) is 1. The lowest BCUT2D eigenvalue weighted by Gasteiger charge is -2.13. The van der Waals surface area contributed by atoms with Crippen LogP contribution in [0.2, 0.25) is 5.02 Å². The maximum atomic E-state index is 12.9. The highest BCUT2D eigenvalue weighted by molar-refractivity contribution is 7.98. The second kappa shape index (κ2) is 7.15. The molecule has 0 heterocycles. The van der Waals surface area contributed by atoms with Crippen molar-refractivity contribution in [1.82, 2.24) is 5.32 Å². The van der Waals surface area contributed by atoms with Crippen LogP contribution in [0.15, 0.2) is 18.2 Å². The van der Waals surface area contributed by atoms with Gasteiger partial charge in [0.05, 0.1) is 5.02 Å². The van der Waals surface area contributed by atoms with Crippen LogP contribution in [0.4, 0.5) is 4.39 Å². The Hall–Kier alpha value is -0.250. The number of rotatable bonds is 6. The number of thioether (sulfide) groups is 1. The maximum absolute atomic E-state index is 12.9. The summed E-state index contributed by atoms with van der Waals surface area (Å²) in [5.74, 6) is 0.791. The van der Waals surface area contributed by atoms with Crippen molar-refractivity contribution in [1.29, 1.82) is 0 Å². The first-order valence-electron chi connectivity index (χ1n) is 5.29. The summed E-state index contributed by atoms with van der Waals surface area (Å²) in [6.07, 6.45) is 3.24.